The average molecular weight is 383 g/mol. The molecule has 3 aromatic rings. The molecule has 0 aliphatic heterocycles. The number of hydrogen-bond acceptors (Lipinski definition) is 4. The molecule has 0 unspecified atom stereocenters. The van der Waals surface area contributed by atoms with Crippen molar-refractivity contribution in [3.63, 3.8) is 0 Å². The van der Waals surface area contributed by atoms with Gasteiger partial charge in [-0.1, -0.05) is 30.3 Å². The SMILES string of the molecule is CN(c1ccccc1)c1cc(C(=O)Nc2ccccc2Br)ncn1. The summed E-state index contributed by atoms with van der Waals surface area (Å²) in [7, 11) is 1.90. The van der Waals surface area contributed by atoms with Crippen LogP contribution >= 0.6 is 15.9 Å². The lowest BCUT2D eigenvalue weighted by Crippen LogP contribution is -2.17. The molecule has 1 N–H and O–H groups in total. The van der Waals surface area contributed by atoms with Gasteiger partial charge in [-0.3, -0.25) is 4.79 Å². The van der Waals surface area contributed by atoms with Gasteiger partial charge >= 0.3 is 0 Å². The number of rotatable bonds is 4. The fourth-order valence-corrected chi connectivity index (χ4v) is 2.57. The van der Waals surface area contributed by atoms with E-state index in [-0.39, 0.29) is 5.91 Å². The Bertz CT molecular complexity index is 854. The molecule has 0 fully saturated rings. The van der Waals surface area contributed by atoms with Crippen LogP contribution in [0.2, 0.25) is 0 Å². The molecular weight excluding hydrogens is 368 g/mol. The van der Waals surface area contributed by atoms with Crippen molar-refractivity contribution in [2.24, 2.45) is 0 Å². The van der Waals surface area contributed by atoms with Crippen LogP contribution in [-0.2, 0) is 0 Å². The second kappa shape index (κ2) is 7.23. The molecule has 0 radical (unpaired) electrons. The molecular formula is C18H15BrN4O. The van der Waals surface area contributed by atoms with E-state index in [9.17, 15) is 4.79 Å². The van der Waals surface area contributed by atoms with Crippen LogP contribution in [0.3, 0.4) is 0 Å². The van der Waals surface area contributed by atoms with Gasteiger partial charge in [0, 0.05) is 23.3 Å². The van der Waals surface area contributed by atoms with Gasteiger partial charge in [0.1, 0.15) is 17.8 Å². The number of nitrogens with one attached hydrogen (secondary N) is 1. The van der Waals surface area contributed by atoms with Crippen LogP contribution in [0, 0.1) is 0 Å². The molecule has 0 atom stereocenters. The highest BCUT2D eigenvalue weighted by molar-refractivity contribution is 9.10. The van der Waals surface area contributed by atoms with Crippen molar-refractivity contribution in [1.82, 2.24) is 9.97 Å². The van der Waals surface area contributed by atoms with Crippen LogP contribution < -0.4 is 10.2 Å². The van der Waals surface area contributed by atoms with Crippen molar-refractivity contribution in [1.29, 1.82) is 0 Å². The molecule has 0 aliphatic rings. The molecule has 5 nitrogen and oxygen atoms in total. The molecule has 6 heteroatoms. The van der Waals surface area contributed by atoms with Crippen LogP contribution in [0.4, 0.5) is 17.2 Å². The number of anilines is 3. The van der Waals surface area contributed by atoms with E-state index in [1.165, 1.54) is 6.33 Å². The van der Waals surface area contributed by atoms with Crippen molar-refractivity contribution < 1.29 is 4.79 Å². The van der Waals surface area contributed by atoms with Crippen molar-refractivity contribution in [3.05, 3.63) is 77.2 Å². The lowest BCUT2D eigenvalue weighted by Gasteiger charge is -2.18. The standard InChI is InChI=1S/C18H15BrN4O/c1-23(13-7-3-2-4-8-13)17-11-16(20-12-21-17)18(24)22-15-10-6-5-9-14(15)19/h2-12H,1H3,(H,22,24). The van der Waals surface area contributed by atoms with Crippen LogP contribution in [-0.4, -0.2) is 22.9 Å². The maximum Gasteiger partial charge on any atom is 0.274 e. The zero-order valence-corrected chi connectivity index (χ0v) is 14.6. The first-order valence-corrected chi connectivity index (χ1v) is 8.11. The van der Waals surface area contributed by atoms with E-state index in [1.807, 2.05) is 66.5 Å². The summed E-state index contributed by atoms with van der Waals surface area (Å²) in [5, 5.41) is 2.84. The summed E-state index contributed by atoms with van der Waals surface area (Å²) in [6.07, 6.45) is 1.39. The Kier molecular flexibility index (Phi) is 4.86. The molecule has 0 saturated heterocycles. The van der Waals surface area contributed by atoms with E-state index in [2.05, 4.69) is 31.2 Å². The maximum absolute atomic E-state index is 12.4. The van der Waals surface area contributed by atoms with Gasteiger partial charge in [-0.25, -0.2) is 9.97 Å². The van der Waals surface area contributed by atoms with Crippen molar-refractivity contribution in [3.8, 4) is 0 Å². The summed E-state index contributed by atoms with van der Waals surface area (Å²) in [6.45, 7) is 0. The van der Waals surface area contributed by atoms with Gasteiger partial charge in [-0.05, 0) is 40.2 Å². The summed E-state index contributed by atoms with van der Waals surface area (Å²) in [5.41, 5.74) is 1.98. The Morgan fingerprint density at radius 1 is 1.04 bits per heavy atom. The van der Waals surface area contributed by atoms with Gasteiger partial charge in [0.15, 0.2) is 0 Å². The maximum atomic E-state index is 12.4. The Hall–Kier alpha value is -2.73. The minimum Gasteiger partial charge on any atom is -0.329 e. The van der Waals surface area contributed by atoms with Crippen LogP contribution in [0.25, 0.3) is 0 Å². The lowest BCUT2D eigenvalue weighted by molar-refractivity contribution is 0.102. The third-order valence-corrected chi connectivity index (χ3v) is 4.19. The van der Waals surface area contributed by atoms with Gasteiger partial charge in [0.05, 0.1) is 5.69 Å². The number of amides is 1. The Morgan fingerprint density at radius 3 is 2.50 bits per heavy atom. The Morgan fingerprint density at radius 2 is 1.75 bits per heavy atom. The predicted molar refractivity (Wildman–Crippen MR) is 98.6 cm³/mol. The van der Waals surface area contributed by atoms with Crippen molar-refractivity contribution in [2.45, 2.75) is 0 Å². The van der Waals surface area contributed by atoms with E-state index in [1.54, 1.807) is 6.07 Å². The average Bonchev–Trinajstić information content (AvgIpc) is 2.64. The van der Waals surface area contributed by atoms with Gasteiger partial charge in [0.2, 0.25) is 0 Å². The van der Waals surface area contributed by atoms with E-state index in [4.69, 9.17) is 0 Å². The first kappa shape index (κ1) is 16.1. The van der Waals surface area contributed by atoms with Gasteiger partial charge in [0.25, 0.3) is 5.91 Å². The summed E-state index contributed by atoms with van der Waals surface area (Å²) < 4.78 is 0.814. The highest BCUT2D eigenvalue weighted by atomic mass is 79.9. The number of aromatic nitrogens is 2. The molecule has 0 saturated carbocycles. The van der Waals surface area contributed by atoms with E-state index >= 15 is 0 Å². The number of para-hydroxylation sites is 2. The molecule has 24 heavy (non-hydrogen) atoms. The number of benzene rings is 2. The van der Waals surface area contributed by atoms with Gasteiger partial charge in [-0.2, -0.15) is 0 Å². The summed E-state index contributed by atoms with van der Waals surface area (Å²) in [6, 6.07) is 18.9. The number of carbonyl (C=O) groups excluding carboxylic acids is 1. The highest BCUT2D eigenvalue weighted by Gasteiger charge is 2.13. The molecule has 120 valence electrons. The number of hydrogen-bond donors (Lipinski definition) is 1. The summed E-state index contributed by atoms with van der Waals surface area (Å²) >= 11 is 3.41. The van der Waals surface area contributed by atoms with Crippen LogP contribution in [0.5, 0.6) is 0 Å². The summed E-state index contributed by atoms with van der Waals surface area (Å²) in [4.78, 5) is 22.7. The summed E-state index contributed by atoms with van der Waals surface area (Å²) in [5.74, 6) is 0.362. The Balaban J connectivity index is 1.83. The molecule has 1 heterocycles. The topological polar surface area (TPSA) is 58.1 Å². The molecule has 1 amide bonds. The molecule has 1 aromatic heterocycles. The van der Waals surface area contributed by atoms with Crippen molar-refractivity contribution in [2.75, 3.05) is 17.3 Å². The fourth-order valence-electron chi connectivity index (χ4n) is 2.19. The van der Waals surface area contributed by atoms with Gasteiger partial charge < -0.3 is 10.2 Å². The van der Waals surface area contributed by atoms with Crippen LogP contribution in [0.15, 0.2) is 71.5 Å². The second-order valence-electron chi connectivity index (χ2n) is 5.09. The second-order valence-corrected chi connectivity index (χ2v) is 5.94. The zero-order chi connectivity index (χ0) is 16.9. The van der Waals surface area contributed by atoms with Crippen molar-refractivity contribution >= 4 is 39.0 Å². The number of halogens is 1. The molecule has 2 aromatic carbocycles. The largest absolute Gasteiger partial charge is 0.329 e. The molecule has 0 bridgehead atoms. The third kappa shape index (κ3) is 3.60. The fraction of sp³-hybridized carbons (Fsp3) is 0.0556. The smallest absolute Gasteiger partial charge is 0.274 e. The third-order valence-electron chi connectivity index (χ3n) is 3.49. The first-order chi connectivity index (χ1) is 11.6. The normalized spacial score (nSPS) is 10.2. The highest BCUT2D eigenvalue weighted by Crippen LogP contribution is 2.23. The van der Waals surface area contributed by atoms with Gasteiger partial charge in [-0.15, -0.1) is 0 Å². The van der Waals surface area contributed by atoms with E-state index < -0.39 is 0 Å². The van der Waals surface area contributed by atoms with E-state index in [0.29, 0.717) is 17.2 Å². The van der Waals surface area contributed by atoms with Crippen LogP contribution in [0.1, 0.15) is 10.5 Å². The molecule has 0 aliphatic carbocycles. The molecule has 0 spiro atoms. The minimum absolute atomic E-state index is 0.285. The minimum atomic E-state index is -0.285. The number of nitrogens with zero attached hydrogens (tertiary/aromatic N) is 3. The predicted octanol–water partition coefficient (Wildman–Crippen LogP) is 4.26. The quantitative estimate of drug-likeness (QED) is 0.732. The molecule has 3 rings (SSSR count). The lowest BCUT2D eigenvalue weighted by atomic mass is 10.2. The monoisotopic (exact) mass is 382 g/mol. The Labute approximate surface area is 148 Å². The number of carbonyl (C=O) groups is 1. The van der Waals surface area contributed by atoms with E-state index in [0.717, 1.165) is 10.2 Å². The zero-order valence-electron chi connectivity index (χ0n) is 13.0. The first-order valence-electron chi connectivity index (χ1n) is 7.32.